The van der Waals surface area contributed by atoms with Crippen LogP contribution in [0.4, 0.5) is 4.79 Å². The molecule has 0 bridgehead atoms. The molecule has 1 aliphatic heterocycles. The smallest absolute Gasteiger partial charge is 0.407 e. The molecule has 1 fully saturated rings. The van der Waals surface area contributed by atoms with Crippen LogP contribution in [-0.4, -0.2) is 39.3 Å². The maximum atomic E-state index is 13.4. The Bertz CT molecular complexity index is 1160. The summed E-state index contributed by atoms with van der Waals surface area (Å²) in [5.41, 5.74) is 1.47. The standard InChI is InChI=1S/C26H35BrN4O4/c1-26(2,3)35-25(33)29-19-7-5-16(6-8-19)11-18-15-34-23-20(22(18)32)12-17(13-21(23)27)14-31-10-9-30(4)24(31)28/h9-10,12-13,16,18-19,28H,5-8,11,14-15H2,1-4H3,(H,29,33)/t16?,18-,19?/m0/s1. The zero-order chi connectivity index (χ0) is 25.3. The Morgan fingerprint density at radius 1 is 1.23 bits per heavy atom. The monoisotopic (exact) mass is 546 g/mol. The Labute approximate surface area is 214 Å². The maximum absolute atomic E-state index is 13.4. The van der Waals surface area contributed by atoms with E-state index in [-0.39, 0.29) is 23.8 Å². The highest BCUT2D eigenvalue weighted by Gasteiger charge is 2.34. The molecular formula is C26H35BrN4O4. The second kappa shape index (κ2) is 10.2. The van der Waals surface area contributed by atoms with Gasteiger partial charge in [0.1, 0.15) is 11.4 Å². The van der Waals surface area contributed by atoms with Gasteiger partial charge in [-0.25, -0.2) is 4.79 Å². The van der Waals surface area contributed by atoms with Crippen LogP contribution in [0.2, 0.25) is 0 Å². The molecule has 9 heteroatoms. The first-order valence-electron chi connectivity index (χ1n) is 12.3. The summed E-state index contributed by atoms with van der Waals surface area (Å²) >= 11 is 3.58. The molecule has 2 heterocycles. The number of hydrogen-bond donors (Lipinski definition) is 2. The van der Waals surface area contributed by atoms with Gasteiger partial charge in [-0.3, -0.25) is 10.2 Å². The van der Waals surface area contributed by atoms with E-state index in [1.165, 1.54) is 0 Å². The van der Waals surface area contributed by atoms with Crippen LogP contribution in [0.25, 0.3) is 0 Å². The Morgan fingerprint density at radius 2 is 1.94 bits per heavy atom. The van der Waals surface area contributed by atoms with Crippen molar-refractivity contribution in [1.29, 1.82) is 5.41 Å². The van der Waals surface area contributed by atoms with Crippen molar-refractivity contribution in [3.63, 3.8) is 0 Å². The minimum Gasteiger partial charge on any atom is -0.491 e. The number of imidazole rings is 1. The van der Waals surface area contributed by atoms with Crippen LogP contribution < -0.4 is 15.7 Å². The van der Waals surface area contributed by atoms with Crippen LogP contribution in [-0.2, 0) is 18.3 Å². The molecule has 0 radical (unpaired) electrons. The van der Waals surface area contributed by atoms with E-state index in [0.717, 1.165) is 42.1 Å². The van der Waals surface area contributed by atoms with Crippen molar-refractivity contribution in [2.24, 2.45) is 18.9 Å². The van der Waals surface area contributed by atoms with Gasteiger partial charge >= 0.3 is 6.09 Å². The van der Waals surface area contributed by atoms with E-state index in [1.807, 2.05) is 56.9 Å². The lowest BCUT2D eigenvalue weighted by atomic mass is 9.78. The molecule has 2 aliphatic rings. The molecule has 190 valence electrons. The van der Waals surface area contributed by atoms with Crippen molar-refractivity contribution in [3.8, 4) is 5.75 Å². The van der Waals surface area contributed by atoms with E-state index in [4.69, 9.17) is 14.9 Å². The number of alkyl carbamates (subject to hydrolysis) is 1. The minimum absolute atomic E-state index is 0.121. The van der Waals surface area contributed by atoms with Crippen LogP contribution >= 0.6 is 15.9 Å². The molecule has 8 nitrogen and oxygen atoms in total. The number of amides is 1. The predicted octanol–water partition coefficient (Wildman–Crippen LogP) is 4.78. The molecule has 1 aliphatic carbocycles. The topological polar surface area (TPSA) is 98.3 Å². The summed E-state index contributed by atoms with van der Waals surface area (Å²) in [5, 5.41) is 11.1. The number of aromatic nitrogens is 2. The molecular weight excluding hydrogens is 512 g/mol. The summed E-state index contributed by atoms with van der Waals surface area (Å²) in [6, 6.07) is 4.00. The Hall–Kier alpha value is -2.55. The molecule has 1 aromatic carbocycles. The summed E-state index contributed by atoms with van der Waals surface area (Å²) in [5.74, 6) is 1.01. The third kappa shape index (κ3) is 6.18. The fraction of sp³-hybridized carbons (Fsp3) is 0.577. The number of hydrogen-bond acceptors (Lipinski definition) is 5. The van der Waals surface area contributed by atoms with Crippen LogP contribution in [0.1, 0.15) is 68.8 Å². The van der Waals surface area contributed by atoms with Gasteiger partial charge in [0.15, 0.2) is 5.78 Å². The summed E-state index contributed by atoms with van der Waals surface area (Å²) in [7, 11) is 1.84. The Morgan fingerprint density at radius 3 is 2.57 bits per heavy atom. The highest BCUT2D eigenvalue weighted by molar-refractivity contribution is 9.10. The quantitative estimate of drug-likeness (QED) is 0.563. The highest BCUT2D eigenvalue weighted by Crippen LogP contribution is 2.39. The zero-order valence-electron chi connectivity index (χ0n) is 20.9. The van der Waals surface area contributed by atoms with Crippen LogP contribution in [0, 0.1) is 17.2 Å². The number of aryl methyl sites for hydroxylation is 1. The lowest BCUT2D eigenvalue weighted by molar-refractivity contribution is 0.0484. The third-order valence-corrected chi connectivity index (χ3v) is 7.37. The summed E-state index contributed by atoms with van der Waals surface area (Å²) < 4.78 is 15.8. The fourth-order valence-electron chi connectivity index (χ4n) is 4.99. The molecule has 35 heavy (non-hydrogen) atoms. The average molecular weight is 547 g/mol. The average Bonchev–Trinajstić information content (AvgIpc) is 3.08. The molecule has 1 saturated carbocycles. The van der Waals surface area contributed by atoms with Gasteiger partial charge in [-0.05, 0) is 92.4 Å². The van der Waals surface area contributed by atoms with E-state index in [1.54, 1.807) is 4.57 Å². The van der Waals surface area contributed by atoms with Crippen molar-refractivity contribution in [3.05, 3.63) is 45.7 Å². The largest absolute Gasteiger partial charge is 0.491 e. The van der Waals surface area contributed by atoms with E-state index in [0.29, 0.717) is 36.0 Å². The number of ketones is 1. The molecule has 1 amide bonds. The van der Waals surface area contributed by atoms with E-state index in [2.05, 4.69) is 21.2 Å². The SMILES string of the molecule is Cn1ccn(Cc2cc(Br)c3c(c2)C(=O)[C@@H](CC2CCC(NC(=O)OC(C)(C)C)CC2)CO3)c1=N. The van der Waals surface area contributed by atoms with E-state index >= 15 is 0 Å². The van der Waals surface area contributed by atoms with Crippen molar-refractivity contribution in [1.82, 2.24) is 14.5 Å². The predicted molar refractivity (Wildman–Crippen MR) is 136 cm³/mol. The van der Waals surface area contributed by atoms with Gasteiger partial charge in [-0.2, -0.15) is 0 Å². The van der Waals surface area contributed by atoms with Crippen LogP contribution in [0.3, 0.4) is 0 Å². The summed E-state index contributed by atoms with van der Waals surface area (Å²) in [6.45, 7) is 6.49. The fourth-order valence-corrected chi connectivity index (χ4v) is 5.61. The molecule has 1 atom stereocenters. The molecule has 4 rings (SSSR count). The molecule has 2 aromatic rings. The number of carbonyl (C=O) groups is 2. The number of ether oxygens (including phenoxy) is 2. The molecule has 0 spiro atoms. The second-order valence-electron chi connectivity index (χ2n) is 10.8. The van der Waals surface area contributed by atoms with Gasteiger partial charge in [0.2, 0.25) is 5.62 Å². The summed E-state index contributed by atoms with van der Waals surface area (Å²) in [6.07, 6.45) is 7.87. The number of benzene rings is 1. The van der Waals surface area contributed by atoms with E-state index < -0.39 is 5.60 Å². The first-order valence-corrected chi connectivity index (χ1v) is 13.0. The van der Waals surface area contributed by atoms with Crippen LogP contribution in [0.15, 0.2) is 29.0 Å². The van der Waals surface area contributed by atoms with Crippen molar-refractivity contribution in [2.75, 3.05) is 6.61 Å². The van der Waals surface area contributed by atoms with Gasteiger partial charge in [0, 0.05) is 25.5 Å². The molecule has 0 saturated heterocycles. The van der Waals surface area contributed by atoms with Gasteiger partial charge in [-0.1, -0.05) is 0 Å². The molecule has 1 aromatic heterocycles. The van der Waals surface area contributed by atoms with Crippen molar-refractivity contribution >= 4 is 27.8 Å². The normalized spacial score (nSPS) is 22.3. The first kappa shape index (κ1) is 25.5. The Kier molecular flexibility index (Phi) is 7.45. The maximum Gasteiger partial charge on any atom is 0.407 e. The minimum atomic E-state index is -0.503. The number of halogens is 1. The second-order valence-corrected chi connectivity index (χ2v) is 11.6. The molecule has 2 N–H and O–H groups in total. The van der Waals surface area contributed by atoms with Crippen LogP contribution in [0.5, 0.6) is 5.75 Å². The molecule has 0 unspecified atom stereocenters. The number of Topliss-reactive ketones (excluding diaryl/α,β-unsaturated/α-hetero) is 1. The highest BCUT2D eigenvalue weighted by atomic mass is 79.9. The van der Waals surface area contributed by atoms with Gasteiger partial charge in [0.25, 0.3) is 0 Å². The van der Waals surface area contributed by atoms with Gasteiger partial charge in [0.05, 0.1) is 29.1 Å². The van der Waals surface area contributed by atoms with Gasteiger partial charge in [-0.15, -0.1) is 0 Å². The lowest BCUT2D eigenvalue weighted by Gasteiger charge is -2.33. The Balaban J connectivity index is 1.36. The number of rotatable bonds is 5. The van der Waals surface area contributed by atoms with Crippen molar-refractivity contribution < 1.29 is 19.1 Å². The first-order chi connectivity index (χ1) is 16.5. The van der Waals surface area contributed by atoms with Crippen molar-refractivity contribution in [2.45, 2.75) is 71.1 Å². The van der Waals surface area contributed by atoms with Gasteiger partial charge < -0.3 is 23.9 Å². The van der Waals surface area contributed by atoms with E-state index in [9.17, 15) is 9.59 Å². The summed E-state index contributed by atoms with van der Waals surface area (Å²) in [4.78, 5) is 25.5. The lowest BCUT2D eigenvalue weighted by Crippen LogP contribution is -2.41. The number of nitrogens with one attached hydrogen (secondary N) is 2. The zero-order valence-corrected chi connectivity index (χ0v) is 22.5. The number of nitrogens with zero attached hydrogens (tertiary/aromatic N) is 2. The number of carbonyl (C=O) groups excluding carboxylic acids is 2. The number of fused-ring (bicyclic) bond motifs is 1. The third-order valence-electron chi connectivity index (χ3n) is 6.78.